The lowest BCUT2D eigenvalue weighted by molar-refractivity contribution is -0.141. The fourth-order valence-electron chi connectivity index (χ4n) is 1.70. The van der Waals surface area contributed by atoms with Gasteiger partial charge in [0.05, 0.1) is 17.7 Å². The topological polar surface area (TPSA) is 65.0 Å². The Morgan fingerprint density at radius 2 is 2.33 bits per heavy atom. The molecule has 6 heteroatoms. The molecule has 0 amide bonds. The zero-order valence-electron chi connectivity index (χ0n) is 9.81. The summed E-state index contributed by atoms with van der Waals surface area (Å²) in [5.41, 5.74) is 0.676. The monoisotopic (exact) mass is 316 g/mol. The minimum atomic E-state index is -0.741. The summed E-state index contributed by atoms with van der Waals surface area (Å²) in [5.74, 6) is 0.893. The molecular weight excluding hydrogens is 304 g/mol. The number of halogens is 1. The summed E-state index contributed by atoms with van der Waals surface area (Å²) >= 11 is 3.35. The Morgan fingerprint density at radius 1 is 1.56 bits per heavy atom. The van der Waals surface area contributed by atoms with Gasteiger partial charge in [-0.1, -0.05) is 0 Å². The zero-order valence-corrected chi connectivity index (χ0v) is 11.4. The Balaban J connectivity index is 2.09. The highest BCUT2D eigenvalue weighted by Gasteiger charge is 2.20. The summed E-state index contributed by atoms with van der Waals surface area (Å²) in [6.07, 6.45) is -0.266. The van der Waals surface area contributed by atoms with Crippen molar-refractivity contribution in [1.29, 1.82) is 0 Å². The van der Waals surface area contributed by atoms with E-state index in [2.05, 4.69) is 20.7 Å². The summed E-state index contributed by atoms with van der Waals surface area (Å²) in [7, 11) is 1.33. The van der Waals surface area contributed by atoms with Gasteiger partial charge in [-0.05, 0) is 40.0 Å². The van der Waals surface area contributed by atoms with Crippen molar-refractivity contribution in [3.8, 4) is 11.5 Å². The summed E-state index contributed by atoms with van der Waals surface area (Å²) in [4.78, 5) is 11.0. The SMILES string of the molecule is COC(=O)CCC(O)c1cc(Br)c2c(c1)OCO2. The van der Waals surface area contributed by atoms with Gasteiger partial charge < -0.3 is 19.3 Å². The average molecular weight is 317 g/mol. The molecule has 0 fully saturated rings. The molecule has 1 unspecified atom stereocenters. The van der Waals surface area contributed by atoms with Gasteiger partial charge in [0.25, 0.3) is 0 Å². The molecule has 1 aliphatic rings. The molecule has 5 nitrogen and oxygen atoms in total. The first kappa shape index (κ1) is 13.2. The Labute approximate surface area is 113 Å². The van der Waals surface area contributed by atoms with Gasteiger partial charge in [-0.3, -0.25) is 4.79 Å². The number of aliphatic hydroxyl groups is 1. The quantitative estimate of drug-likeness (QED) is 0.862. The molecule has 1 heterocycles. The lowest BCUT2D eigenvalue weighted by Crippen LogP contribution is -2.05. The van der Waals surface area contributed by atoms with E-state index in [0.29, 0.717) is 23.5 Å². The van der Waals surface area contributed by atoms with Crippen molar-refractivity contribution >= 4 is 21.9 Å². The van der Waals surface area contributed by atoms with E-state index in [1.165, 1.54) is 7.11 Å². The Kier molecular flexibility index (Phi) is 4.08. The minimum absolute atomic E-state index is 0.170. The van der Waals surface area contributed by atoms with E-state index >= 15 is 0 Å². The Hall–Kier alpha value is -1.27. The van der Waals surface area contributed by atoms with Crippen LogP contribution in [0.15, 0.2) is 16.6 Å². The van der Waals surface area contributed by atoms with Crippen molar-refractivity contribution in [2.24, 2.45) is 0 Å². The number of methoxy groups -OCH3 is 1. The first-order valence-electron chi connectivity index (χ1n) is 5.45. The van der Waals surface area contributed by atoms with Crippen LogP contribution in [0.4, 0.5) is 0 Å². The molecule has 1 atom stereocenters. The standard InChI is InChI=1S/C12H13BrO5/c1-16-11(15)3-2-9(14)7-4-8(13)12-10(5-7)17-6-18-12/h4-5,9,14H,2-3,6H2,1H3. The first-order chi connectivity index (χ1) is 8.61. The van der Waals surface area contributed by atoms with Crippen LogP contribution in [-0.2, 0) is 9.53 Å². The second kappa shape index (κ2) is 5.58. The molecule has 18 heavy (non-hydrogen) atoms. The second-order valence-corrected chi connectivity index (χ2v) is 4.72. The lowest BCUT2D eigenvalue weighted by Gasteiger charge is -2.11. The van der Waals surface area contributed by atoms with Gasteiger partial charge in [-0.15, -0.1) is 0 Å². The van der Waals surface area contributed by atoms with Crippen molar-refractivity contribution in [2.75, 3.05) is 13.9 Å². The molecule has 1 aromatic rings. The summed E-state index contributed by atoms with van der Waals surface area (Å²) < 4.78 is 15.8. The molecule has 2 rings (SSSR count). The molecule has 0 spiro atoms. The minimum Gasteiger partial charge on any atom is -0.469 e. The number of hydrogen-bond acceptors (Lipinski definition) is 5. The van der Waals surface area contributed by atoms with E-state index in [1.54, 1.807) is 12.1 Å². The predicted octanol–water partition coefficient (Wildman–Crippen LogP) is 2.16. The third-order valence-corrected chi connectivity index (χ3v) is 3.27. The van der Waals surface area contributed by atoms with Crippen LogP contribution in [0.5, 0.6) is 11.5 Å². The molecule has 0 aliphatic carbocycles. The average Bonchev–Trinajstić information content (AvgIpc) is 2.84. The van der Waals surface area contributed by atoms with Crippen LogP contribution >= 0.6 is 15.9 Å². The van der Waals surface area contributed by atoms with Crippen LogP contribution in [0.3, 0.4) is 0 Å². The predicted molar refractivity (Wildman–Crippen MR) is 66.5 cm³/mol. The number of aliphatic hydroxyl groups excluding tert-OH is 1. The maximum absolute atomic E-state index is 11.0. The van der Waals surface area contributed by atoms with Gasteiger partial charge in [-0.25, -0.2) is 0 Å². The fraction of sp³-hybridized carbons (Fsp3) is 0.417. The third-order valence-electron chi connectivity index (χ3n) is 2.68. The van der Waals surface area contributed by atoms with E-state index in [4.69, 9.17) is 9.47 Å². The maximum Gasteiger partial charge on any atom is 0.305 e. The lowest BCUT2D eigenvalue weighted by atomic mass is 10.0. The van der Waals surface area contributed by atoms with Gasteiger partial charge in [-0.2, -0.15) is 0 Å². The molecule has 0 saturated heterocycles. The van der Waals surface area contributed by atoms with E-state index in [0.717, 1.165) is 4.47 Å². The smallest absolute Gasteiger partial charge is 0.305 e. The number of benzene rings is 1. The van der Waals surface area contributed by atoms with Crippen LogP contribution in [0, 0.1) is 0 Å². The Morgan fingerprint density at radius 3 is 3.06 bits per heavy atom. The van der Waals surface area contributed by atoms with E-state index < -0.39 is 6.10 Å². The Bertz CT molecular complexity index is 460. The number of hydrogen-bond donors (Lipinski definition) is 1. The second-order valence-electron chi connectivity index (χ2n) is 3.87. The van der Waals surface area contributed by atoms with Crippen LogP contribution in [0.2, 0.25) is 0 Å². The fourth-order valence-corrected chi connectivity index (χ4v) is 2.28. The normalized spacial score (nSPS) is 14.4. The molecule has 1 aromatic carbocycles. The van der Waals surface area contributed by atoms with Gasteiger partial charge in [0.1, 0.15) is 0 Å². The largest absolute Gasteiger partial charge is 0.469 e. The van der Waals surface area contributed by atoms with E-state index in [-0.39, 0.29) is 19.2 Å². The number of carbonyl (C=O) groups excluding carboxylic acids is 1. The molecule has 0 saturated carbocycles. The van der Waals surface area contributed by atoms with Crippen molar-refractivity contribution in [2.45, 2.75) is 18.9 Å². The number of carbonyl (C=O) groups is 1. The summed E-state index contributed by atoms with van der Waals surface area (Å²) in [5, 5.41) is 10.00. The number of fused-ring (bicyclic) bond motifs is 1. The van der Waals surface area contributed by atoms with Gasteiger partial charge in [0.2, 0.25) is 6.79 Å². The molecule has 98 valence electrons. The molecule has 1 aliphatic heterocycles. The van der Waals surface area contributed by atoms with Crippen molar-refractivity contribution in [3.05, 3.63) is 22.2 Å². The highest BCUT2D eigenvalue weighted by molar-refractivity contribution is 9.10. The highest BCUT2D eigenvalue weighted by Crippen LogP contribution is 2.41. The van der Waals surface area contributed by atoms with Crippen LogP contribution in [0.1, 0.15) is 24.5 Å². The van der Waals surface area contributed by atoms with Crippen molar-refractivity contribution < 1.29 is 24.1 Å². The maximum atomic E-state index is 11.0. The van der Waals surface area contributed by atoms with Gasteiger partial charge in [0.15, 0.2) is 11.5 Å². The van der Waals surface area contributed by atoms with Crippen molar-refractivity contribution in [1.82, 2.24) is 0 Å². The van der Waals surface area contributed by atoms with E-state index in [1.807, 2.05) is 0 Å². The van der Waals surface area contributed by atoms with Crippen molar-refractivity contribution in [3.63, 3.8) is 0 Å². The zero-order chi connectivity index (χ0) is 13.1. The third kappa shape index (κ3) is 2.76. The molecule has 0 aromatic heterocycles. The summed E-state index contributed by atoms with van der Waals surface area (Å²) in [6, 6.07) is 3.48. The van der Waals surface area contributed by atoms with Gasteiger partial charge in [0, 0.05) is 6.42 Å². The highest BCUT2D eigenvalue weighted by atomic mass is 79.9. The van der Waals surface area contributed by atoms with E-state index in [9.17, 15) is 9.90 Å². The van der Waals surface area contributed by atoms with Crippen LogP contribution in [-0.4, -0.2) is 25.0 Å². The molecular formula is C12H13BrO5. The van der Waals surface area contributed by atoms with Crippen LogP contribution in [0.25, 0.3) is 0 Å². The van der Waals surface area contributed by atoms with Gasteiger partial charge >= 0.3 is 5.97 Å². The number of esters is 1. The number of ether oxygens (including phenoxy) is 3. The summed E-state index contributed by atoms with van der Waals surface area (Å²) in [6.45, 7) is 0.176. The first-order valence-corrected chi connectivity index (χ1v) is 6.25. The molecule has 0 radical (unpaired) electrons. The number of rotatable bonds is 4. The van der Waals surface area contributed by atoms with Crippen LogP contribution < -0.4 is 9.47 Å². The molecule has 1 N–H and O–H groups in total. The molecule has 0 bridgehead atoms.